The Kier molecular flexibility index (Phi) is 5.59. The van der Waals surface area contributed by atoms with E-state index in [9.17, 15) is 24.3 Å². The van der Waals surface area contributed by atoms with Crippen molar-refractivity contribution in [3.05, 3.63) is 57.1 Å². The van der Waals surface area contributed by atoms with Crippen molar-refractivity contribution in [1.29, 1.82) is 0 Å². The number of carbonyl (C=O) groups excluding carboxylic acids is 4. The number of amides is 2. The van der Waals surface area contributed by atoms with Crippen molar-refractivity contribution in [3.63, 3.8) is 0 Å². The number of likely N-dealkylation sites (tertiary alicyclic amines) is 1. The monoisotopic (exact) mass is 525 g/mol. The molecular formula is C26H24BrNO6. The highest BCUT2D eigenvalue weighted by atomic mass is 79.9. The molecule has 3 aliphatic carbocycles. The summed E-state index contributed by atoms with van der Waals surface area (Å²) in [4.78, 5) is 53.9. The van der Waals surface area contributed by atoms with Crippen molar-refractivity contribution >= 4 is 39.3 Å². The van der Waals surface area contributed by atoms with Crippen LogP contribution in [-0.2, 0) is 19.2 Å². The Morgan fingerprint density at radius 2 is 1.88 bits per heavy atom. The second-order valence-corrected chi connectivity index (χ2v) is 9.80. The van der Waals surface area contributed by atoms with Crippen molar-refractivity contribution in [1.82, 2.24) is 4.90 Å². The van der Waals surface area contributed by atoms with Crippen molar-refractivity contribution in [3.8, 4) is 11.5 Å². The number of ketones is 2. The highest BCUT2D eigenvalue weighted by Gasteiger charge is 2.56. The third kappa shape index (κ3) is 3.15. The SMILES string of the molecule is CCOc1cccc(C2C3=CCC4C(=O)N(CC)C(=O)C4C3CC3=C2C(=O)C=C(Br)C3=O)c1O. The topological polar surface area (TPSA) is 101 Å². The summed E-state index contributed by atoms with van der Waals surface area (Å²) in [5, 5.41) is 11.1. The lowest BCUT2D eigenvalue weighted by molar-refractivity contribution is -0.139. The van der Waals surface area contributed by atoms with Crippen LogP contribution in [0.15, 0.2) is 51.6 Å². The molecule has 5 rings (SSSR count). The van der Waals surface area contributed by atoms with Gasteiger partial charge in [0.1, 0.15) is 0 Å². The summed E-state index contributed by atoms with van der Waals surface area (Å²) in [5.74, 6) is -3.01. The molecule has 4 atom stereocenters. The Morgan fingerprint density at radius 3 is 2.59 bits per heavy atom. The third-order valence-electron chi connectivity index (χ3n) is 7.38. The Hall–Kier alpha value is -3.00. The number of phenols is 1. The van der Waals surface area contributed by atoms with Gasteiger partial charge in [-0.3, -0.25) is 24.1 Å². The summed E-state index contributed by atoms with van der Waals surface area (Å²) in [5.41, 5.74) is 1.91. The number of benzene rings is 1. The quantitative estimate of drug-likeness (QED) is 0.366. The normalized spacial score (nSPS) is 28.4. The minimum atomic E-state index is -0.706. The summed E-state index contributed by atoms with van der Waals surface area (Å²) in [6.07, 6.45) is 3.79. The van der Waals surface area contributed by atoms with Crippen molar-refractivity contribution in [2.45, 2.75) is 32.6 Å². The Morgan fingerprint density at radius 1 is 1.12 bits per heavy atom. The number of ether oxygens (including phenoxy) is 1. The van der Waals surface area contributed by atoms with Gasteiger partial charge in [0.25, 0.3) is 0 Å². The molecule has 1 fully saturated rings. The lowest BCUT2D eigenvalue weighted by Gasteiger charge is -2.42. The number of hydrogen-bond acceptors (Lipinski definition) is 6. The number of para-hydroxylation sites is 1. The average Bonchev–Trinajstić information content (AvgIpc) is 3.07. The second-order valence-electron chi connectivity index (χ2n) is 8.94. The first-order valence-electron chi connectivity index (χ1n) is 11.5. The van der Waals surface area contributed by atoms with Crippen molar-refractivity contribution in [2.24, 2.45) is 17.8 Å². The van der Waals surface area contributed by atoms with Crippen LogP contribution in [0.1, 0.15) is 38.2 Å². The molecule has 34 heavy (non-hydrogen) atoms. The first kappa shape index (κ1) is 22.8. The van der Waals surface area contributed by atoms with Gasteiger partial charge in [-0.25, -0.2) is 0 Å². The van der Waals surface area contributed by atoms with Gasteiger partial charge in [-0.15, -0.1) is 0 Å². The van der Waals surface area contributed by atoms with Gasteiger partial charge in [-0.05, 0) is 54.6 Å². The maximum Gasteiger partial charge on any atom is 0.233 e. The summed E-state index contributed by atoms with van der Waals surface area (Å²) < 4.78 is 5.74. The van der Waals surface area contributed by atoms with Crippen LogP contribution in [0.3, 0.4) is 0 Å². The Bertz CT molecular complexity index is 1240. The number of phenolic OH excluding ortho intramolecular Hbond substituents is 1. The predicted molar refractivity (Wildman–Crippen MR) is 126 cm³/mol. The highest BCUT2D eigenvalue weighted by molar-refractivity contribution is 9.12. The van der Waals surface area contributed by atoms with Crippen LogP contribution in [-0.4, -0.2) is 46.5 Å². The molecule has 0 saturated carbocycles. The number of imide groups is 1. The molecule has 1 aromatic carbocycles. The first-order valence-corrected chi connectivity index (χ1v) is 12.3. The van der Waals surface area contributed by atoms with E-state index in [4.69, 9.17) is 4.74 Å². The zero-order valence-electron chi connectivity index (χ0n) is 18.8. The van der Waals surface area contributed by atoms with E-state index >= 15 is 0 Å². The number of rotatable bonds is 4. The van der Waals surface area contributed by atoms with Crippen LogP contribution in [0.4, 0.5) is 0 Å². The van der Waals surface area contributed by atoms with Gasteiger partial charge in [0.05, 0.1) is 22.9 Å². The molecule has 2 amide bonds. The van der Waals surface area contributed by atoms with E-state index in [2.05, 4.69) is 15.9 Å². The molecule has 4 aliphatic rings. The zero-order valence-corrected chi connectivity index (χ0v) is 20.4. The molecule has 4 unspecified atom stereocenters. The van der Waals surface area contributed by atoms with Gasteiger partial charge < -0.3 is 9.84 Å². The van der Waals surface area contributed by atoms with Gasteiger partial charge in [-0.2, -0.15) is 0 Å². The Balaban J connectivity index is 1.71. The van der Waals surface area contributed by atoms with E-state index in [0.29, 0.717) is 36.3 Å². The molecule has 0 spiro atoms. The molecule has 0 bridgehead atoms. The number of allylic oxidation sites excluding steroid dienone is 6. The molecular weight excluding hydrogens is 502 g/mol. The lowest BCUT2D eigenvalue weighted by atomic mass is 9.59. The largest absolute Gasteiger partial charge is 0.504 e. The minimum absolute atomic E-state index is 0.0947. The van der Waals surface area contributed by atoms with E-state index in [-0.39, 0.29) is 45.8 Å². The van der Waals surface area contributed by atoms with Gasteiger partial charge in [0.15, 0.2) is 23.1 Å². The average molecular weight is 526 g/mol. The smallest absolute Gasteiger partial charge is 0.233 e. The van der Waals surface area contributed by atoms with Gasteiger partial charge in [0, 0.05) is 35.2 Å². The number of carbonyl (C=O) groups is 4. The molecule has 1 saturated heterocycles. The maximum absolute atomic E-state index is 13.3. The summed E-state index contributed by atoms with van der Waals surface area (Å²) >= 11 is 3.21. The van der Waals surface area contributed by atoms with Gasteiger partial charge in [0.2, 0.25) is 11.8 Å². The molecule has 176 valence electrons. The summed E-state index contributed by atoms with van der Waals surface area (Å²) in [6, 6.07) is 5.10. The van der Waals surface area contributed by atoms with Gasteiger partial charge >= 0.3 is 0 Å². The number of aromatic hydroxyl groups is 1. The minimum Gasteiger partial charge on any atom is -0.504 e. The van der Waals surface area contributed by atoms with E-state index in [0.717, 1.165) is 5.57 Å². The number of nitrogens with zero attached hydrogens (tertiary/aromatic N) is 1. The Labute approximate surface area is 205 Å². The predicted octanol–water partition coefficient (Wildman–Crippen LogP) is 3.57. The van der Waals surface area contributed by atoms with Crippen LogP contribution in [0.25, 0.3) is 0 Å². The first-order chi connectivity index (χ1) is 16.3. The van der Waals surface area contributed by atoms with Crippen LogP contribution in [0.5, 0.6) is 11.5 Å². The second kappa shape index (κ2) is 8.34. The summed E-state index contributed by atoms with van der Waals surface area (Å²) in [6.45, 7) is 4.23. The highest BCUT2D eigenvalue weighted by Crippen LogP contribution is 2.56. The number of hydrogen-bond donors (Lipinski definition) is 1. The number of halogens is 1. The third-order valence-corrected chi connectivity index (χ3v) is 7.97. The standard InChI is InChI=1S/C26H24BrNO6/c1-3-28-25(32)14-9-8-12-15(21(14)26(28)33)10-16-22(18(29)11-17(27)23(16)30)20(12)13-6-5-7-19(24(13)31)34-4-2/h5-8,11,14-15,20-21,31H,3-4,9-10H2,1-2H3. The fourth-order valence-corrected chi connectivity index (χ4v) is 6.43. The fourth-order valence-electron chi connectivity index (χ4n) is 5.98. The van der Waals surface area contributed by atoms with Gasteiger partial charge in [-0.1, -0.05) is 23.8 Å². The molecule has 1 N–H and O–H groups in total. The molecule has 7 nitrogen and oxygen atoms in total. The fraction of sp³-hybridized carbons (Fsp3) is 0.385. The lowest BCUT2D eigenvalue weighted by Crippen LogP contribution is -2.39. The van der Waals surface area contributed by atoms with E-state index in [1.54, 1.807) is 32.0 Å². The van der Waals surface area contributed by atoms with Crippen LogP contribution < -0.4 is 4.74 Å². The van der Waals surface area contributed by atoms with Crippen molar-refractivity contribution < 1.29 is 29.0 Å². The zero-order chi connectivity index (χ0) is 24.3. The number of Topliss-reactive ketones (excluding diaryl/α,β-unsaturated/α-hetero) is 1. The molecule has 1 aromatic rings. The molecule has 1 aliphatic heterocycles. The van der Waals surface area contributed by atoms with E-state index in [1.807, 2.05) is 6.08 Å². The summed E-state index contributed by atoms with van der Waals surface area (Å²) in [7, 11) is 0. The van der Waals surface area contributed by atoms with E-state index in [1.165, 1.54) is 11.0 Å². The molecule has 8 heteroatoms. The maximum atomic E-state index is 13.3. The number of fused-ring (bicyclic) bond motifs is 3. The van der Waals surface area contributed by atoms with Crippen LogP contribution >= 0.6 is 15.9 Å². The molecule has 0 radical (unpaired) electrons. The molecule has 1 heterocycles. The van der Waals surface area contributed by atoms with Crippen LogP contribution in [0, 0.1) is 17.8 Å². The van der Waals surface area contributed by atoms with Crippen molar-refractivity contribution in [2.75, 3.05) is 13.2 Å². The molecule has 0 aromatic heterocycles. The van der Waals surface area contributed by atoms with Crippen LogP contribution in [0.2, 0.25) is 0 Å². The van der Waals surface area contributed by atoms with E-state index < -0.39 is 23.7 Å².